The van der Waals surface area contributed by atoms with Crippen LogP contribution in [-0.4, -0.2) is 43.2 Å². The first-order valence-corrected chi connectivity index (χ1v) is 7.92. The summed E-state index contributed by atoms with van der Waals surface area (Å²) in [4.78, 5) is 14.3. The van der Waals surface area contributed by atoms with Crippen LogP contribution in [0.5, 0.6) is 0 Å². The van der Waals surface area contributed by atoms with Crippen molar-refractivity contribution in [2.45, 2.75) is 38.8 Å². The largest absolute Gasteiger partial charge is 0.376 e. The quantitative estimate of drug-likeness (QED) is 0.798. The summed E-state index contributed by atoms with van der Waals surface area (Å²) in [5, 5.41) is 2.99. The second-order valence-corrected chi connectivity index (χ2v) is 5.64. The second kappa shape index (κ2) is 8.80. The van der Waals surface area contributed by atoms with Gasteiger partial charge < -0.3 is 10.1 Å². The van der Waals surface area contributed by atoms with E-state index in [1.165, 1.54) is 5.56 Å². The Morgan fingerprint density at radius 1 is 1.38 bits per heavy atom. The molecule has 1 atom stereocenters. The highest BCUT2D eigenvalue weighted by Gasteiger charge is 2.17. The summed E-state index contributed by atoms with van der Waals surface area (Å²) in [6.07, 6.45) is 3.42. The van der Waals surface area contributed by atoms with E-state index in [1.54, 1.807) is 0 Å². The van der Waals surface area contributed by atoms with Crippen LogP contribution in [-0.2, 0) is 16.1 Å². The topological polar surface area (TPSA) is 41.6 Å². The van der Waals surface area contributed by atoms with E-state index in [1.807, 2.05) is 18.2 Å². The van der Waals surface area contributed by atoms with Gasteiger partial charge in [0.1, 0.15) is 0 Å². The van der Waals surface area contributed by atoms with Gasteiger partial charge in [0.15, 0.2) is 0 Å². The number of amides is 1. The number of ether oxygens (including phenoxy) is 1. The van der Waals surface area contributed by atoms with E-state index in [0.717, 1.165) is 39.0 Å². The molecule has 4 nitrogen and oxygen atoms in total. The third-order valence-electron chi connectivity index (χ3n) is 3.71. The molecular weight excluding hydrogens is 264 g/mol. The molecule has 4 heteroatoms. The standard InChI is InChI=1S/C17H26N2O2/c1-2-10-19(13-15-7-4-3-5-8-15)14-17(20)18-12-16-9-6-11-21-16/h3-5,7-8,16H,2,6,9-14H2,1H3,(H,18,20)/t16-/m1/s1. The first-order chi connectivity index (χ1) is 10.3. The summed E-state index contributed by atoms with van der Waals surface area (Å²) in [5.74, 6) is 0.0925. The lowest BCUT2D eigenvalue weighted by Crippen LogP contribution is -2.40. The average molecular weight is 290 g/mol. The molecule has 0 radical (unpaired) electrons. The molecule has 0 saturated carbocycles. The minimum atomic E-state index is 0.0925. The van der Waals surface area contributed by atoms with Gasteiger partial charge in [-0.3, -0.25) is 9.69 Å². The second-order valence-electron chi connectivity index (χ2n) is 5.64. The van der Waals surface area contributed by atoms with Crippen LogP contribution in [0.25, 0.3) is 0 Å². The number of nitrogens with one attached hydrogen (secondary N) is 1. The summed E-state index contributed by atoms with van der Waals surface area (Å²) in [6, 6.07) is 10.3. The summed E-state index contributed by atoms with van der Waals surface area (Å²) >= 11 is 0. The SMILES string of the molecule is CCCN(CC(=O)NC[C@H]1CCCO1)Cc1ccccc1. The normalized spacial score (nSPS) is 18.1. The molecule has 21 heavy (non-hydrogen) atoms. The predicted octanol–water partition coefficient (Wildman–Crippen LogP) is 2.19. The average Bonchev–Trinajstić information content (AvgIpc) is 3.00. The molecular formula is C17H26N2O2. The van der Waals surface area contributed by atoms with Gasteiger partial charge in [-0.1, -0.05) is 37.3 Å². The number of hydrogen-bond donors (Lipinski definition) is 1. The predicted molar refractivity (Wildman–Crippen MR) is 84.0 cm³/mol. The lowest BCUT2D eigenvalue weighted by atomic mass is 10.2. The van der Waals surface area contributed by atoms with Gasteiger partial charge in [-0.05, 0) is 31.4 Å². The lowest BCUT2D eigenvalue weighted by Gasteiger charge is -2.21. The first kappa shape index (κ1) is 16.0. The summed E-state index contributed by atoms with van der Waals surface area (Å²) in [7, 11) is 0. The molecule has 0 spiro atoms. The Labute approximate surface area is 127 Å². The molecule has 2 rings (SSSR count). The van der Waals surface area contributed by atoms with E-state index in [2.05, 4.69) is 29.3 Å². The zero-order chi connectivity index (χ0) is 14.9. The molecule has 1 aliphatic heterocycles. The molecule has 1 amide bonds. The number of carbonyl (C=O) groups excluding carboxylic acids is 1. The Kier molecular flexibility index (Phi) is 6.70. The molecule has 0 aliphatic carbocycles. The van der Waals surface area contributed by atoms with Crippen LogP contribution in [0.15, 0.2) is 30.3 Å². The monoisotopic (exact) mass is 290 g/mol. The minimum absolute atomic E-state index is 0.0925. The molecule has 0 aromatic heterocycles. The molecule has 0 unspecified atom stereocenters. The Bertz CT molecular complexity index is 416. The van der Waals surface area contributed by atoms with E-state index < -0.39 is 0 Å². The van der Waals surface area contributed by atoms with Gasteiger partial charge in [0.2, 0.25) is 5.91 Å². The highest BCUT2D eigenvalue weighted by Crippen LogP contribution is 2.10. The molecule has 1 saturated heterocycles. The van der Waals surface area contributed by atoms with Crippen LogP contribution in [0, 0.1) is 0 Å². The third-order valence-corrected chi connectivity index (χ3v) is 3.71. The van der Waals surface area contributed by atoms with E-state index in [4.69, 9.17) is 4.74 Å². The van der Waals surface area contributed by atoms with Crippen LogP contribution in [0.4, 0.5) is 0 Å². The van der Waals surface area contributed by atoms with Crippen molar-refractivity contribution in [1.29, 1.82) is 0 Å². The summed E-state index contributed by atoms with van der Waals surface area (Å²) < 4.78 is 5.52. The molecule has 1 aromatic carbocycles. The van der Waals surface area contributed by atoms with Gasteiger partial charge in [0.05, 0.1) is 12.6 Å². The van der Waals surface area contributed by atoms with Crippen molar-refractivity contribution in [3.63, 3.8) is 0 Å². The van der Waals surface area contributed by atoms with Crippen molar-refractivity contribution < 1.29 is 9.53 Å². The van der Waals surface area contributed by atoms with Crippen LogP contribution >= 0.6 is 0 Å². The maximum Gasteiger partial charge on any atom is 0.234 e. The number of benzene rings is 1. The van der Waals surface area contributed by atoms with E-state index in [9.17, 15) is 4.79 Å². The van der Waals surface area contributed by atoms with Gasteiger partial charge in [0, 0.05) is 19.7 Å². The zero-order valence-electron chi connectivity index (χ0n) is 12.9. The Morgan fingerprint density at radius 2 is 2.19 bits per heavy atom. The number of nitrogens with zero attached hydrogens (tertiary/aromatic N) is 1. The maximum atomic E-state index is 12.1. The highest BCUT2D eigenvalue weighted by molar-refractivity contribution is 5.78. The fourth-order valence-corrected chi connectivity index (χ4v) is 2.66. The Hall–Kier alpha value is -1.39. The smallest absolute Gasteiger partial charge is 0.234 e. The molecule has 116 valence electrons. The van der Waals surface area contributed by atoms with E-state index in [-0.39, 0.29) is 12.0 Å². The van der Waals surface area contributed by atoms with Gasteiger partial charge in [-0.15, -0.1) is 0 Å². The zero-order valence-corrected chi connectivity index (χ0v) is 12.9. The van der Waals surface area contributed by atoms with Crippen molar-refractivity contribution in [2.24, 2.45) is 0 Å². The highest BCUT2D eigenvalue weighted by atomic mass is 16.5. The molecule has 0 bridgehead atoms. The maximum absolute atomic E-state index is 12.1. The van der Waals surface area contributed by atoms with Crippen molar-refractivity contribution in [3.05, 3.63) is 35.9 Å². The Morgan fingerprint density at radius 3 is 2.86 bits per heavy atom. The number of hydrogen-bond acceptors (Lipinski definition) is 3. The van der Waals surface area contributed by atoms with Gasteiger partial charge in [-0.25, -0.2) is 0 Å². The van der Waals surface area contributed by atoms with Crippen LogP contribution in [0.1, 0.15) is 31.7 Å². The minimum Gasteiger partial charge on any atom is -0.376 e. The fraction of sp³-hybridized carbons (Fsp3) is 0.588. The molecule has 1 aliphatic rings. The van der Waals surface area contributed by atoms with Crippen molar-refractivity contribution in [1.82, 2.24) is 10.2 Å². The summed E-state index contributed by atoms with van der Waals surface area (Å²) in [6.45, 7) is 5.82. The van der Waals surface area contributed by atoms with E-state index >= 15 is 0 Å². The number of rotatable bonds is 8. The number of carbonyl (C=O) groups is 1. The van der Waals surface area contributed by atoms with Crippen molar-refractivity contribution >= 4 is 5.91 Å². The fourth-order valence-electron chi connectivity index (χ4n) is 2.66. The van der Waals surface area contributed by atoms with Crippen LogP contribution in [0.2, 0.25) is 0 Å². The van der Waals surface area contributed by atoms with Crippen LogP contribution < -0.4 is 5.32 Å². The van der Waals surface area contributed by atoms with Gasteiger partial charge in [0.25, 0.3) is 0 Å². The van der Waals surface area contributed by atoms with Crippen LogP contribution in [0.3, 0.4) is 0 Å². The van der Waals surface area contributed by atoms with E-state index in [0.29, 0.717) is 13.1 Å². The molecule has 1 heterocycles. The first-order valence-electron chi connectivity index (χ1n) is 7.92. The molecule has 1 aromatic rings. The Balaban J connectivity index is 1.76. The van der Waals surface area contributed by atoms with Gasteiger partial charge >= 0.3 is 0 Å². The third kappa shape index (κ3) is 5.86. The van der Waals surface area contributed by atoms with Crippen molar-refractivity contribution in [2.75, 3.05) is 26.2 Å². The lowest BCUT2D eigenvalue weighted by molar-refractivity contribution is -0.122. The molecule has 1 fully saturated rings. The summed E-state index contributed by atoms with van der Waals surface area (Å²) in [5.41, 5.74) is 1.25. The van der Waals surface area contributed by atoms with Gasteiger partial charge in [-0.2, -0.15) is 0 Å². The van der Waals surface area contributed by atoms with Crippen molar-refractivity contribution in [3.8, 4) is 0 Å². The molecule has 1 N–H and O–H groups in total.